The van der Waals surface area contributed by atoms with E-state index in [1.165, 1.54) is 0 Å². The van der Waals surface area contributed by atoms with E-state index in [0.29, 0.717) is 0 Å². The lowest BCUT2D eigenvalue weighted by Gasteiger charge is -2.23. The highest BCUT2D eigenvalue weighted by atomic mass is 35.5. The zero-order chi connectivity index (χ0) is 14.0. The summed E-state index contributed by atoms with van der Waals surface area (Å²) >= 11 is 4.11. The van der Waals surface area contributed by atoms with Crippen molar-refractivity contribution in [3.8, 4) is 0 Å². The molecular formula is C6ClF9O. The molecule has 0 unspecified atom stereocenters. The first-order valence-corrected chi connectivity index (χ1v) is 3.68. The van der Waals surface area contributed by atoms with Gasteiger partial charge in [0.2, 0.25) is 5.83 Å². The fourth-order valence-corrected chi connectivity index (χ4v) is 0.500. The highest BCUT2D eigenvalue weighted by Gasteiger charge is 2.65. The smallest absolute Gasteiger partial charge is 0.398 e. The molecule has 0 heterocycles. The van der Waals surface area contributed by atoms with Gasteiger partial charge in [-0.1, -0.05) is 0 Å². The summed E-state index contributed by atoms with van der Waals surface area (Å²) in [7, 11) is 0. The molecule has 0 N–H and O–H groups in total. The van der Waals surface area contributed by atoms with E-state index in [9.17, 15) is 39.5 Å². The number of rotatable bonds is 4. The molecule has 0 aliphatic rings. The van der Waals surface area contributed by atoms with E-state index in [1.807, 2.05) is 0 Å². The van der Waals surface area contributed by atoms with E-state index in [1.54, 1.807) is 0 Å². The molecular weight excluding hydrogens is 294 g/mol. The largest absolute Gasteiger partial charge is 0.473 e. The quantitative estimate of drug-likeness (QED) is 0.543. The highest BCUT2D eigenvalue weighted by Crippen LogP contribution is 2.44. The first kappa shape index (κ1) is 15.9. The van der Waals surface area contributed by atoms with Gasteiger partial charge in [0, 0.05) is 0 Å². The minimum absolute atomic E-state index is 2.35. The summed E-state index contributed by atoms with van der Waals surface area (Å²) < 4.78 is 110. The molecule has 0 saturated heterocycles. The summed E-state index contributed by atoms with van der Waals surface area (Å²) in [4.78, 5) is 0. The molecule has 0 spiro atoms. The monoisotopic (exact) mass is 294 g/mol. The van der Waals surface area contributed by atoms with Crippen molar-refractivity contribution < 1.29 is 44.3 Å². The third kappa shape index (κ3) is 3.45. The number of hydrogen-bond donors (Lipinski definition) is 0. The molecule has 0 aromatic rings. The normalized spacial score (nSPS) is 14.2. The molecule has 1 nitrogen and oxygen atoms in total. The van der Waals surface area contributed by atoms with Crippen LogP contribution in [0, 0.1) is 0 Å². The average Bonchev–Trinajstić information content (AvgIpc) is 2.14. The summed E-state index contributed by atoms with van der Waals surface area (Å²) in [5.74, 6) is -10.0. The Morgan fingerprint density at radius 2 is 1.29 bits per heavy atom. The van der Waals surface area contributed by atoms with Crippen LogP contribution in [0.5, 0.6) is 0 Å². The van der Waals surface area contributed by atoms with Gasteiger partial charge in [-0.25, -0.2) is 0 Å². The minimum Gasteiger partial charge on any atom is -0.398 e. The summed E-state index contributed by atoms with van der Waals surface area (Å²) in [5.41, 5.74) is 0. The van der Waals surface area contributed by atoms with Crippen LogP contribution in [-0.4, -0.2) is 12.0 Å². The first-order valence-electron chi connectivity index (χ1n) is 3.30. The van der Waals surface area contributed by atoms with Crippen LogP contribution in [0.25, 0.3) is 0 Å². The van der Waals surface area contributed by atoms with Crippen molar-refractivity contribution in [1.82, 2.24) is 0 Å². The zero-order valence-electron chi connectivity index (χ0n) is 7.19. The molecule has 0 fully saturated rings. The minimum atomic E-state index is -6.20. The second-order valence-corrected chi connectivity index (χ2v) is 2.63. The van der Waals surface area contributed by atoms with Gasteiger partial charge >= 0.3 is 24.1 Å². The van der Waals surface area contributed by atoms with E-state index >= 15 is 0 Å². The number of halogens is 10. The molecule has 0 aliphatic carbocycles. The van der Waals surface area contributed by atoms with Gasteiger partial charge < -0.3 is 4.74 Å². The molecule has 17 heavy (non-hydrogen) atoms. The average molecular weight is 294 g/mol. The fraction of sp³-hybridized carbons (Fsp3) is 0.333. The van der Waals surface area contributed by atoms with Gasteiger partial charge in [0.25, 0.3) is 5.29 Å². The SMILES string of the molecule is FC(F)=C(F)C(F)(F)C(F)(F)O/C(F)=C(/F)Cl. The van der Waals surface area contributed by atoms with Crippen LogP contribution in [-0.2, 0) is 4.74 Å². The molecule has 0 radical (unpaired) electrons. The Kier molecular flexibility index (Phi) is 4.75. The van der Waals surface area contributed by atoms with Crippen molar-refractivity contribution in [3.63, 3.8) is 0 Å². The predicted octanol–water partition coefficient (Wildman–Crippen LogP) is 4.61. The van der Waals surface area contributed by atoms with Crippen LogP contribution >= 0.6 is 11.6 Å². The van der Waals surface area contributed by atoms with Gasteiger partial charge in [-0.2, -0.15) is 39.5 Å². The van der Waals surface area contributed by atoms with Crippen molar-refractivity contribution in [2.24, 2.45) is 0 Å². The Balaban J connectivity index is 5.33. The molecule has 11 heteroatoms. The zero-order valence-corrected chi connectivity index (χ0v) is 7.94. The van der Waals surface area contributed by atoms with Crippen LogP contribution in [0.4, 0.5) is 39.5 Å². The molecule has 0 amide bonds. The van der Waals surface area contributed by atoms with Gasteiger partial charge in [0.15, 0.2) is 0 Å². The second kappa shape index (κ2) is 5.07. The van der Waals surface area contributed by atoms with E-state index in [0.717, 1.165) is 0 Å². The molecule has 0 aromatic carbocycles. The van der Waals surface area contributed by atoms with Gasteiger partial charge in [-0.15, -0.1) is 0 Å². The number of hydrogen-bond acceptors (Lipinski definition) is 1. The maximum atomic E-state index is 12.3. The molecule has 100 valence electrons. The van der Waals surface area contributed by atoms with Crippen molar-refractivity contribution in [2.45, 2.75) is 12.0 Å². The Morgan fingerprint density at radius 3 is 1.59 bits per heavy atom. The Labute approximate surface area is 92.1 Å². The van der Waals surface area contributed by atoms with E-state index in [4.69, 9.17) is 0 Å². The summed E-state index contributed by atoms with van der Waals surface area (Å²) in [5, 5.41) is -2.58. The lowest BCUT2D eigenvalue weighted by molar-refractivity contribution is -0.331. The van der Waals surface area contributed by atoms with Crippen LogP contribution in [0.1, 0.15) is 0 Å². The van der Waals surface area contributed by atoms with E-state index in [2.05, 4.69) is 16.3 Å². The molecule has 0 bridgehead atoms. The van der Waals surface area contributed by atoms with Crippen LogP contribution in [0.15, 0.2) is 23.2 Å². The standard InChI is InChI=1S/C6ClF9O/c7-2(9)4(12)17-6(15,16)5(13,14)1(8)3(10)11/b4-2+. The van der Waals surface area contributed by atoms with Gasteiger partial charge in [0.05, 0.1) is 0 Å². The van der Waals surface area contributed by atoms with Crippen LogP contribution in [0.3, 0.4) is 0 Å². The van der Waals surface area contributed by atoms with Crippen molar-refractivity contribution in [3.05, 3.63) is 23.2 Å². The van der Waals surface area contributed by atoms with Gasteiger partial charge in [0.1, 0.15) is 0 Å². The Bertz CT molecular complexity index is 352. The maximum absolute atomic E-state index is 12.3. The molecule has 0 aliphatic heterocycles. The van der Waals surface area contributed by atoms with Crippen molar-refractivity contribution in [2.75, 3.05) is 0 Å². The second-order valence-electron chi connectivity index (χ2n) is 2.30. The molecule has 0 rings (SSSR count). The van der Waals surface area contributed by atoms with Crippen LogP contribution < -0.4 is 0 Å². The van der Waals surface area contributed by atoms with E-state index in [-0.39, 0.29) is 0 Å². The topological polar surface area (TPSA) is 9.23 Å². The predicted molar refractivity (Wildman–Crippen MR) is 36.4 cm³/mol. The lowest BCUT2D eigenvalue weighted by Crippen LogP contribution is -2.43. The van der Waals surface area contributed by atoms with Crippen LogP contribution in [0.2, 0.25) is 0 Å². The summed E-state index contributed by atoms with van der Waals surface area (Å²) in [6.45, 7) is 0. The first-order chi connectivity index (χ1) is 7.43. The Morgan fingerprint density at radius 1 is 0.882 bits per heavy atom. The van der Waals surface area contributed by atoms with E-state index < -0.39 is 35.2 Å². The Hall–Kier alpha value is -1.06. The van der Waals surface area contributed by atoms with Gasteiger partial charge in [-0.05, 0) is 11.6 Å². The van der Waals surface area contributed by atoms with Gasteiger partial charge in [-0.3, -0.25) is 0 Å². The summed E-state index contributed by atoms with van der Waals surface area (Å²) in [6, 6.07) is -3.01. The number of ether oxygens (including phenoxy) is 1. The summed E-state index contributed by atoms with van der Waals surface area (Å²) in [6.07, 6.45) is -9.87. The fourth-order valence-electron chi connectivity index (χ4n) is 0.462. The molecule has 0 saturated carbocycles. The number of alkyl halides is 4. The van der Waals surface area contributed by atoms with Crippen molar-refractivity contribution in [1.29, 1.82) is 0 Å². The maximum Gasteiger partial charge on any atom is 0.473 e. The highest BCUT2D eigenvalue weighted by molar-refractivity contribution is 6.28. The third-order valence-corrected chi connectivity index (χ3v) is 1.32. The molecule has 0 aromatic heterocycles. The lowest BCUT2D eigenvalue weighted by atomic mass is 10.3. The third-order valence-electron chi connectivity index (χ3n) is 1.17. The molecule has 0 atom stereocenters. The van der Waals surface area contributed by atoms with Crippen molar-refractivity contribution >= 4 is 11.6 Å².